The van der Waals surface area contributed by atoms with Crippen molar-refractivity contribution in [2.45, 2.75) is 19.3 Å². The fourth-order valence-corrected chi connectivity index (χ4v) is 2.18. The molecule has 5 nitrogen and oxygen atoms in total. The van der Waals surface area contributed by atoms with Crippen LogP contribution in [-0.2, 0) is 0 Å². The first-order valence-corrected chi connectivity index (χ1v) is 6.21. The number of pyridine rings is 1. The van der Waals surface area contributed by atoms with Crippen molar-refractivity contribution in [3.05, 3.63) is 30.1 Å². The lowest BCUT2D eigenvalue weighted by Gasteiger charge is -2.11. The maximum atomic E-state index is 13.1. The average molecular weight is 280 g/mol. The van der Waals surface area contributed by atoms with Gasteiger partial charge in [0.1, 0.15) is 0 Å². The van der Waals surface area contributed by atoms with E-state index in [0.717, 1.165) is 0 Å². The number of hydrogen-bond acceptors (Lipinski definition) is 3. The Labute approximate surface area is 113 Å². The number of rotatable bonds is 3. The van der Waals surface area contributed by atoms with Crippen LogP contribution in [0.5, 0.6) is 0 Å². The van der Waals surface area contributed by atoms with E-state index in [9.17, 15) is 13.6 Å². The highest BCUT2D eigenvalue weighted by Crippen LogP contribution is 2.59. The molecule has 20 heavy (non-hydrogen) atoms. The first-order valence-electron chi connectivity index (χ1n) is 6.21. The smallest absolute Gasteiger partial charge is 0.256 e. The van der Waals surface area contributed by atoms with Gasteiger partial charge in [-0.25, -0.2) is 13.3 Å². The zero-order valence-corrected chi connectivity index (χ0v) is 10.9. The number of fused-ring (bicyclic) bond motifs is 1. The number of carbonyl (C=O) groups excluding carboxylic acids is 1. The lowest BCUT2D eigenvalue weighted by molar-refractivity contribution is 0.0676. The van der Waals surface area contributed by atoms with Crippen LogP contribution in [0.3, 0.4) is 0 Å². The van der Waals surface area contributed by atoms with E-state index in [4.69, 9.17) is 5.73 Å². The fraction of sp³-hybridized carbons (Fsp3) is 0.385. The zero-order valence-electron chi connectivity index (χ0n) is 10.9. The van der Waals surface area contributed by atoms with Crippen LogP contribution < -0.4 is 11.1 Å². The summed E-state index contributed by atoms with van der Waals surface area (Å²) in [7, 11) is 0. The van der Waals surface area contributed by atoms with Gasteiger partial charge in [0.15, 0.2) is 0 Å². The molecule has 106 valence electrons. The van der Waals surface area contributed by atoms with Gasteiger partial charge in [-0.15, -0.1) is 0 Å². The number of nitrogens with one attached hydrogen (secondary N) is 1. The summed E-state index contributed by atoms with van der Waals surface area (Å²) >= 11 is 0. The van der Waals surface area contributed by atoms with Gasteiger partial charge in [-0.05, 0) is 12.1 Å². The number of halogens is 2. The van der Waals surface area contributed by atoms with Crippen molar-refractivity contribution in [3.8, 4) is 0 Å². The number of amides is 1. The molecular formula is C13H14F2N4O. The van der Waals surface area contributed by atoms with Gasteiger partial charge >= 0.3 is 0 Å². The Morgan fingerprint density at radius 2 is 2.30 bits per heavy atom. The summed E-state index contributed by atoms with van der Waals surface area (Å²) in [6.07, 6.45) is 2.84. The van der Waals surface area contributed by atoms with Crippen molar-refractivity contribution in [1.29, 1.82) is 0 Å². The third-order valence-electron chi connectivity index (χ3n) is 3.80. The van der Waals surface area contributed by atoms with E-state index in [1.165, 1.54) is 17.6 Å². The van der Waals surface area contributed by atoms with Crippen molar-refractivity contribution in [2.75, 3.05) is 12.3 Å². The number of hydrogen-bond donors (Lipinski definition) is 2. The summed E-state index contributed by atoms with van der Waals surface area (Å²) in [4.78, 5) is 12.1. The number of nitrogens with two attached hydrogens (primary N) is 1. The molecule has 1 unspecified atom stereocenters. The Balaban J connectivity index is 1.78. The SMILES string of the molecule is CC1(CNC(=O)c2cnn3ccc(N)cc23)CC1(F)F. The number of carbonyl (C=O) groups is 1. The quantitative estimate of drug-likeness (QED) is 0.898. The van der Waals surface area contributed by atoms with Crippen LogP contribution in [0, 0.1) is 5.41 Å². The monoisotopic (exact) mass is 280 g/mol. The van der Waals surface area contributed by atoms with Crippen LogP contribution in [-0.4, -0.2) is 28.0 Å². The van der Waals surface area contributed by atoms with Gasteiger partial charge in [0.25, 0.3) is 11.8 Å². The molecule has 0 saturated heterocycles. The van der Waals surface area contributed by atoms with Crippen LogP contribution in [0.25, 0.3) is 5.52 Å². The minimum Gasteiger partial charge on any atom is -0.399 e. The van der Waals surface area contributed by atoms with E-state index in [-0.39, 0.29) is 13.0 Å². The largest absolute Gasteiger partial charge is 0.399 e. The van der Waals surface area contributed by atoms with Gasteiger partial charge in [0.05, 0.1) is 22.7 Å². The van der Waals surface area contributed by atoms with E-state index in [1.807, 2.05) is 0 Å². The van der Waals surface area contributed by atoms with Gasteiger partial charge < -0.3 is 11.1 Å². The van der Waals surface area contributed by atoms with E-state index >= 15 is 0 Å². The van der Waals surface area contributed by atoms with Gasteiger partial charge in [-0.1, -0.05) is 6.92 Å². The predicted octanol–water partition coefficient (Wildman–Crippen LogP) is 1.69. The average Bonchev–Trinajstić information content (AvgIpc) is 2.73. The molecule has 1 amide bonds. The number of alkyl halides is 2. The summed E-state index contributed by atoms with van der Waals surface area (Å²) in [5.74, 6) is -3.11. The second-order valence-corrected chi connectivity index (χ2v) is 5.47. The van der Waals surface area contributed by atoms with Gasteiger partial charge in [-0.2, -0.15) is 5.10 Å². The normalized spacial score (nSPS) is 23.8. The molecule has 0 radical (unpaired) electrons. The van der Waals surface area contributed by atoms with E-state index in [0.29, 0.717) is 16.8 Å². The highest BCUT2D eigenvalue weighted by molar-refractivity contribution is 6.01. The predicted molar refractivity (Wildman–Crippen MR) is 69.6 cm³/mol. The lowest BCUT2D eigenvalue weighted by atomic mass is 10.1. The van der Waals surface area contributed by atoms with Crippen molar-refractivity contribution < 1.29 is 13.6 Å². The first kappa shape index (κ1) is 12.8. The molecule has 2 aromatic heterocycles. The van der Waals surface area contributed by atoms with Crippen LogP contribution >= 0.6 is 0 Å². The summed E-state index contributed by atoms with van der Waals surface area (Å²) in [5, 5.41) is 6.56. The van der Waals surface area contributed by atoms with Crippen LogP contribution in [0.2, 0.25) is 0 Å². The molecule has 1 aliphatic carbocycles. The summed E-state index contributed by atoms with van der Waals surface area (Å²) < 4.78 is 27.7. The number of nitrogens with zero attached hydrogens (tertiary/aromatic N) is 2. The molecule has 1 aliphatic rings. The van der Waals surface area contributed by atoms with E-state index in [2.05, 4.69) is 10.4 Å². The first-order chi connectivity index (χ1) is 9.32. The Morgan fingerprint density at radius 1 is 1.60 bits per heavy atom. The number of aromatic nitrogens is 2. The summed E-state index contributed by atoms with van der Waals surface area (Å²) in [6.45, 7) is 1.40. The minimum absolute atomic E-state index is 0.0571. The number of nitrogen functional groups attached to an aromatic ring is 1. The highest BCUT2D eigenvalue weighted by atomic mass is 19.3. The Hall–Kier alpha value is -2.18. The molecule has 0 aliphatic heterocycles. The Bertz CT molecular complexity index is 697. The zero-order chi connectivity index (χ0) is 14.5. The van der Waals surface area contributed by atoms with E-state index in [1.54, 1.807) is 18.3 Å². The molecule has 3 rings (SSSR count). The van der Waals surface area contributed by atoms with Crippen molar-refractivity contribution in [2.24, 2.45) is 5.41 Å². The van der Waals surface area contributed by atoms with Crippen LogP contribution in [0.1, 0.15) is 23.7 Å². The molecule has 1 atom stereocenters. The fourth-order valence-electron chi connectivity index (χ4n) is 2.18. The summed E-state index contributed by atoms with van der Waals surface area (Å²) in [6, 6.07) is 3.28. The maximum absolute atomic E-state index is 13.1. The van der Waals surface area contributed by atoms with Crippen molar-refractivity contribution in [1.82, 2.24) is 14.9 Å². The second-order valence-electron chi connectivity index (χ2n) is 5.47. The minimum atomic E-state index is -2.69. The van der Waals surface area contributed by atoms with Gasteiger partial charge in [-0.3, -0.25) is 4.79 Å². The summed E-state index contributed by atoms with van der Waals surface area (Å²) in [5.41, 5.74) is 5.92. The lowest BCUT2D eigenvalue weighted by Crippen LogP contribution is -2.31. The molecule has 0 bridgehead atoms. The van der Waals surface area contributed by atoms with Gasteiger partial charge in [0.2, 0.25) is 0 Å². The molecular weight excluding hydrogens is 266 g/mol. The Morgan fingerprint density at radius 3 is 2.95 bits per heavy atom. The maximum Gasteiger partial charge on any atom is 0.256 e. The molecule has 7 heteroatoms. The van der Waals surface area contributed by atoms with Crippen molar-refractivity contribution in [3.63, 3.8) is 0 Å². The second kappa shape index (κ2) is 3.91. The van der Waals surface area contributed by atoms with Crippen LogP contribution in [0.4, 0.5) is 14.5 Å². The topological polar surface area (TPSA) is 72.4 Å². The third kappa shape index (κ3) is 1.90. The number of anilines is 1. The third-order valence-corrected chi connectivity index (χ3v) is 3.80. The molecule has 1 fully saturated rings. The van der Waals surface area contributed by atoms with E-state index < -0.39 is 17.2 Å². The van der Waals surface area contributed by atoms with Crippen LogP contribution in [0.15, 0.2) is 24.5 Å². The molecule has 0 spiro atoms. The molecule has 2 heterocycles. The molecule has 3 N–H and O–H groups in total. The highest BCUT2D eigenvalue weighted by Gasteiger charge is 2.67. The molecule has 0 aromatic carbocycles. The molecule has 2 aromatic rings. The molecule has 1 saturated carbocycles. The van der Waals surface area contributed by atoms with Crippen molar-refractivity contribution >= 4 is 17.1 Å². The van der Waals surface area contributed by atoms with Gasteiger partial charge in [0, 0.05) is 24.8 Å². The standard InChI is InChI=1S/C13H14F2N4O/c1-12(6-13(12,14)15)7-17-11(20)9-5-18-19-3-2-8(16)4-10(9)19/h2-5H,6-7,16H2,1H3,(H,17,20). The Kier molecular flexibility index (Phi) is 2.51.